The maximum atomic E-state index is 9.08. The third-order valence-electron chi connectivity index (χ3n) is 3.40. The first kappa shape index (κ1) is 12.8. The summed E-state index contributed by atoms with van der Waals surface area (Å²) in [6, 6.07) is 3.00. The highest BCUT2D eigenvalue weighted by molar-refractivity contribution is 4.96. The van der Waals surface area contributed by atoms with E-state index in [2.05, 4.69) is 30.1 Å². The smallest absolute Gasteiger partial charge is 0.0967 e. The van der Waals surface area contributed by atoms with Crippen LogP contribution in [0.15, 0.2) is 0 Å². The lowest BCUT2D eigenvalue weighted by molar-refractivity contribution is -0.0683. The van der Waals surface area contributed by atoms with Gasteiger partial charge in [-0.1, -0.05) is 0 Å². The van der Waals surface area contributed by atoms with E-state index in [4.69, 9.17) is 10.00 Å². The minimum atomic E-state index is 0.0240. The number of hydrogen-bond donors (Lipinski definition) is 1. The Morgan fingerprint density at radius 1 is 1.35 bits per heavy atom. The topological polar surface area (TPSA) is 48.3 Å². The van der Waals surface area contributed by atoms with E-state index in [1.165, 1.54) is 12.8 Å². The lowest BCUT2D eigenvalue weighted by atomic mass is 10.1. The molecule has 2 aliphatic rings. The van der Waals surface area contributed by atoms with E-state index >= 15 is 0 Å². The van der Waals surface area contributed by atoms with Crippen molar-refractivity contribution >= 4 is 0 Å². The number of morpholine rings is 1. The molecule has 3 atom stereocenters. The van der Waals surface area contributed by atoms with E-state index in [0.29, 0.717) is 18.2 Å². The second kappa shape index (κ2) is 5.81. The van der Waals surface area contributed by atoms with Gasteiger partial charge in [0, 0.05) is 25.7 Å². The van der Waals surface area contributed by atoms with Crippen molar-refractivity contribution in [2.75, 3.05) is 19.6 Å². The molecule has 1 N–H and O–H groups in total. The van der Waals surface area contributed by atoms with Crippen LogP contribution in [0.25, 0.3) is 0 Å². The molecule has 1 saturated carbocycles. The third kappa shape index (κ3) is 4.27. The van der Waals surface area contributed by atoms with Crippen LogP contribution >= 0.6 is 0 Å². The quantitative estimate of drug-likeness (QED) is 0.778. The molecule has 0 aromatic rings. The molecule has 2 rings (SSSR count). The van der Waals surface area contributed by atoms with Crippen molar-refractivity contribution in [3.8, 4) is 6.07 Å². The van der Waals surface area contributed by atoms with Gasteiger partial charge in [-0.3, -0.25) is 10.2 Å². The van der Waals surface area contributed by atoms with Gasteiger partial charge in [0.05, 0.1) is 24.3 Å². The Hall–Kier alpha value is -0.630. The Morgan fingerprint density at radius 2 is 2.00 bits per heavy atom. The third-order valence-corrected chi connectivity index (χ3v) is 3.40. The van der Waals surface area contributed by atoms with Crippen LogP contribution in [0.4, 0.5) is 0 Å². The first-order valence-electron chi connectivity index (χ1n) is 6.71. The van der Waals surface area contributed by atoms with Crippen molar-refractivity contribution in [2.45, 2.75) is 57.4 Å². The zero-order valence-corrected chi connectivity index (χ0v) is 10.9. The fourth-order valence-electron chi connectivity index (χ4n) is 2.50. The maximum absolute atomic E-state index is 9.08. The molecule has 1 aliphatic carbocycles. The Kier molecular flexibility index (Phi) is 4.38. The van der Waals surface area contributed by atoms with Crippen LogP contribution in [0.3, 0.4) is 0 Å². The summed E-state index contributed by atoms with van der Waals surface area (Å²) in [5.41, 5.74) is 0. The van der Waals surface area contributed by atoms with E-state index in [9.17, 15) is 0 Å². The minimum absolute atomic E-state index is 0.0240. The molecule has 0 spiro atoms. The average Bonchev–Trinajstić information content (AvgIpc) is 3.06. The molecular formula is C13H23N3O. The number of nitrogens with one attached hydrogen (secondary N) is 1. The first-order valence-corrected chi connectivity index (χ1v) is 6.71. The lowest BCUT2D eigenvalue weighted by Crippen LogP contribution is -2.46. The summed E-state index contributed by atoms with van der Waals surface area (Å²) in [7, 11) is 0. The van der Waals surface area contributed by atoms with Gasteiger partial charge in [0.2, 0.25) is 0 Å². The van der Waals surface area contributed by atoms with Crippen LogP contribution in [0.1, 0.15) is 33.1 Å². The van der Waals surface area contributed by atoms with Gasteiger partial charge in [0.1, 0.15) is 0 Å². The summed E-state index contributed by atoms with van der Waals surface area (Å²) < 4.78 is 5.70. The predicted octanol–water partition coefficient (Wildman–Crippen LogP) is 1.13. The van der Waals surface area contributed by atoms with Crippen molar-refractivity contribution in [3.63, 3.8) is 0 Å². The minimum Gasteiger partial charge on any atom is -0.373 e. The monoisotopic (exact) mass is 237 g/mol. The van der Waals surface area contributed by atoms with E-state index < -0.39 is 0 Å². The number of ether oxygens (including phenoxy) is 1. The molecule has 1 heterocycles. The number of rotatable bonds is 5. The molecular weight excluding hydrogens is 214 g/mol. The Morgan fingerprint density at radius 3 is 2.53 bits per heavy atom. The zero-order chi connectivity index (χ0) is 12.3. The van der Waals surface area contributed by atoms with Gasteiger partial charge in [0.15, 0.2) is 0 Å². The highest BCUT2D eigenvalue weighted by atomic mass is 16.5. The maximum Gasteiger partial charge on any atom is 0.0967 e. The van der Waals surface area contributed by atoms with Crippen molar-refractivity contribution in [2.24, 2.45) is 0 Å². The highest BCUT2D eigenvalue weighted by Crippen LogP contribution is 2.20. The van der Waals surface area contributed by atoms with Crippen LogP contribution in [0.2, 0.25) is 0 Å². The first-order chi connectivity index (χ1) is 8.17. The normalized spacial score (nSPS) is 32.1. The SMILES string of the molecule is C[C@@H]1CN(CCC(C#N)NC2CC2)C[C@H](C)O1. The summed E-state index contributed by atoms with van der Waals surface area (Å²) in [6.07, 6.45) is 4.03. The lowest BCUT2D eigenvalue weighted by Gasteiger charge is -2.35. The number of nitrogens with zero attached hydrogens (tertiary/aromatic N) is 2. The molecule has 17 heavy (non-hydrogen) atoms. The van der Waals surface area contributed by atoms with E-state index in [1.807, 2.05) is 0 Å². The second-order valence-electron chi connectivity index (χ2n) is 5.43. The Labute approximate surface area is 104 Å². The van der Waals surface area contributed by atoms with Crippen molar-refractivity contribution < 1.29 is 4.74 Å². The fourth-order valence-corrected chi connectivity index (χ4v) is 2.50. The predicted molar refractivity (Wildman–Crippen MR) is 66.6 cm³/mol. The molecule has 0 amide bonds. The summed E-state index contributed by atoms with van der Waals surface area (Å²) in [4.78, 5) is 2.41. The summed E-state index contributed by atoms with van der Waals surface area (Å²) in [6.45, 7) is 7.22. The van der Waals surface area contributed by atoms with Crippen molar-refractivity contribution in [3.05, 3.63) is 0 Å². The molecule has 1 unspecified atom stereocenters. The number of hydrogen-bond acceptors (Lipinski definition) is 4. The molecule has 0 bridgehead atoms. The van der Waals surface area contributed by atoms with Crippen LogP contribution in [0, 0.1) is 11.3 Å². The molecule has 0 aromatic heterocycles. The zero-order valence-electron chi connectivity index (χ0n) is 10.9. The van der Waals surface area contributed by atoms with Gasteiger partial charge in [-0.15, -0.1) is 0 Å². The van der Waals surface area contributed by atoms with E-state index in [-0.39, 0.29) is 6.04 Å². The van der Waals surface area contributed by atoms with Crippen LogP contribution in [-0.2, 0) is 4.74 Å². The van der Waals surface area contributed by atoms with Crippen LogP contribution in [-0.4, -0.2) is 48.8 Å². The van der Waals surface area contributed by atoms with Gasteiger partial charge in [-0.05, 0) is 33.1 Å². The Bertz CT molecular complexity index is 275. The van der Waals surface area contributed by atoms with Gasteiger partial charge < -0.3 is 4.74 Å². The van der Waals surface area contributed by atoms with Crippen molar-refractivity contribution in [1.82, 2.24) is 10.2 Å². The molecule has 1 aliphatic heterocycles. The summed E-state index contributed by atoms with van der Waals surface area (Å²) in [5.74, 6) is 0. The molecule has 0 aromatic carbocycles. The van der Waals surface area contributed by atoms with Gasteiger partial charge in [0.25, 0.3) is 0 Å². The number of nitriles is 1. The Balaban J connectivity index is 1.70. The van der Waals surface area contributed by atoms with Gasteiger partial charge in [-0.25, -0.2) is 0 Å². The summed E-state index contributed by atoms with van der Waals surface area (Å²) >= 11 is 0. The molecule has 2 fully saturated rings. The fraction of sp³-hybridized carbons (Fsp3) is 0.923. The van der Waals surface area contributed by atoms with E-state index in [0.717, 1.165) is 26.1 Å². The second-order valence-corrected chi connectivity index (χ2v) is 5.43. The van der Waals surface area contributed by atoms with Crippen LogP contribution in [0.5, 0.6) is 0 Å². The highest BCUT2D eigenvalue weighted by Gasteiger charge is 2.26. The summed E-state index contributed by atoms with van der Waals surface area (Å²) in [5, 5.41) is 12.5. The molecule has 1 saturated heterocycles. The van der Waals surface area contributed by atoms with Gasteiger partial charge >= 0.3 is 0 Å². The largest absolute Gasteiger partial charge is 0.373 e. The standard InChI is InChI=1S/C13H23N3O/c1-10-8-16(9-11(2)17-10)6-5-13(7-14)15-12-3-4-12/h10-13,15H,3-6,8-9H2,1-2H3/t10-,11+,13?. The molecule has 0 radical (unpaired) electrons. The van der Waals surface area contributed by atoms with E-state index in [1.54, 1.807) is 0 Å². The van der Waals surface area contributed by atoms with Crippen LogP contribution < -0.4 is 5.32 Å². The molecule has 96 valence electrons. The average molecular weight is 237 g/mol. The molecule has 4 nitrogen and oxygen atoms in total. The van der Waals surface area contributed by atoms with Crippen molar-refractivity contribution in [1.29, 1.82) is 5.26 Å². The molecule has 4 heteroatoms. The van der Waals surface area contributed by atoms with Gasteiger partial charge in [-0.2, -0.15) is 5.26 Å².